The minimum Gasteiger partial charge on any atom is -0.304 e. The van der Waals surface area contributed by atoms with Crippen LogP contribution in [-0.2, 0) is 13.0 Å². The van der Waals surface area contributed by atoms with Crippen LogP contribution in [0.1, 0.15) is 21.5 Å². The van der Waals surface area contributed by atoms with E-state index in [2.05, 4.69) is 16.4 Å². The molecule has 2 heterocycles. The molecule has 22 heavy (non-hydrogen) atoms. The van der Waals surface area contributed by atoms with Crippen LogP contribution in [0, 0.1) is 11.6 Å². The Balaban J connectivity index is 1.71. The van der Waals surface area contributed by atoms with Gasteiger partial charge in [0.25, 0.3) is 0 Å². The second kappa shape index (κ2) is 7.09. The monoisotopic (exact) mass is 336 g/mol. The normalized spacial score (nSPS) is 12.5. The van der Waals surface area contributed by atoms with Crippen molar-refractivity contribution in [3.8, 4) is 0 Å². The van der Waals surface area contributed by atoms with Gasteiger partial charge in [-0.1, -0.05) is 12.1 Å². The van der Waals surface area contributed by atoms with E-state index in [1.165, 1.54) is 10.9 Å². The highest BCUT2D eigenvalue weighted by atomic mass is 32.1. The Labute approximate surface area is 135 Å². The first kappa shape index (κ1) is 15.3. The largest absolute Gasteiger partial charge is 0.304 e. The number of nitrogens with one attached hydrogen (secondary N) is 1. The number of hydrogen-bond acceptors (Lipinski definition) is 4. The van der Waals surface area contributed by atoms with Gasteiger partial charge >= 0.3 is 0 Å². The van der Waals surface area contributed by atoms with Gasteiger partial charge in [0.15, 0.2) is 11.6 Å². The third kappa shape index (κ3) is 3.76. The Morgan fingerprint density at radius 3 is 2.68 bits per heavy atom. The number of thiophene rings is 1. The molecule has 0 aliphatic carbocycles. The molecule has 0 unspecified atom stereocenters. The predicted molar refractivity (Wildman–Crippen MR) is 86.1 cm³/mol. The van der Waals surface area contributed by atoms with Crippen LogP contribution in [0.25, 0.3) is 0 Å². The van der Waals surface area contributed by atoms with Crippen LogP contribution in [0.15, 0.2) is 47.3 Å². The lowest BCUT2D eigenvalue weighted by atomic mass is 10.1. The van der Waals surface area contributed by atoms with Crippen molar-refractivity contribution in [2.24, 2.45) is 0 Å². The zero-order chi connectivity index (χ0) is 15.4. The Morgan fingerprint density at radius 1 is 1.09 bits per heavy atom. The maximum Gasteiger partial charge on any atom is 0.159 e. The van der Waals surface area contributed by atoms with Crippen LogP contribution < -0.4 is 5.32 Å². The molecule has 6 heteroatoms. The summed E-state index contributed by atoms with van der Waals surface area (Å²) in [5, 5.41) is 8.37. The van der Waals surface area contributed by atoms with Gasteiger partial charge in [-0.3, -0.25) is 0 Å². The standard InChI is InChI=1S/C16H14F2N2S2/c17-13-4-3-11(8-14(13)18)10-20-15(16-19-5-7-22-16)9-12-2-1-6-21-12/h1-8,15,20H,9-10H2/t15-/m0/s1. The number of halogens is 2. The first-order chi connectivity index (χ1) is 10.7. The first-order valence-corrected chi connectivity index (χ1v) is 8.57. The summed E-state index contributed by atoms with van der Waals surface area (Å²) < 4.78 is 26.2. The molecule has 3 aromatic rings. The summed E-state index contributed by atoms with van der Waals surface area (Å²) in [5.74, 6) is -1.64. The number of rotatable bonds is 6. The van der Waals surface area contributed by atoms with Crippen LogP contribution in [0.4, 0.5) is 8.78 Å². The van der Waals surface area contributed by atoms with Gasteiger partial charge in [-0.15, -0.1) is 22.7 Å². The van der Waals surface area contributed by atoms with Gasteiger partial charge in [0.2, 0.25) is 0 Å². The van der Waals surface area contributed by atoms with Crippen molar-refractivity contribution in [3.05, 3.63) is 74.4 Å². The number of hydrogen-bond donors (Lipinski definition) is 1. The Kier molecular flexibility index (Phi) is 4.92. The second-order valence-corrected chi connectivity index (χ2v) is 6.79. The molecule has 2 nitrogen and oxygen atoms in total. The topological polar surface area (TPSA) is 24.9 Å². The number of thiazole rings is 1. The summed E-state index contributed by atoms with van der Waals surface area (Å²) in [6.45, 7) is 0.465. The van der Waals surface area contributed by atoms with Crippen LogP contribution in [0.5, 0.6) is 0 Å². The van der Waals surface area contributed by atoms with Crippen molar-refractivity contribution in [1.29, 1.82) is 0 Å². The van der Waals surface area contributed by atoms with Crippen molar-refractivity contribution in [2.75, 3.05) is 0 Å². The van der Waals surface area contributed by atoms with E-state index in [4.69, 9.17) is 0 Å². The molecule has 0 aliphatic rings. The maximum absolute atomic E-state index is 13.3. The fraction of sp³-hybridized carbons (Fsp3) is 0.188. The van der Waals surface area contributed by atoms with E-state index in [1.807, 2.05) is 16.8 Å². The molecule has 0 fully saturated rings. The minimum atomic E-state index is -0.821. The summed E-state index contributed by atoms with van der Waals surface area (Å²) in [6, 6.07) is 8.15. The van der Waals surface area contributed by atoms with Gasteiger partial charge < -0.3 is 5.32 Å². The van der Waals surface area contributed by atoms with Crippen LogP contribution in [0.3, 0.4) is 0 Å². The van der Waals surface area contributed by atoms with E-state index in [0.717, 1.165) is 17.5 Å². The molecule has 2 aromatic heterocycles. The fourth-order valence-corrected chi connectivity index (χ4v) is 3.64. The molecule has 0 spiro atoms. The molecule has 0 radical (unpaired) electrons. The van der Waals surface area contributed by atoms with Gasteiger partial charge in [-0.2, -0.15) is 0 Å². The Morgan fingerprint density at radius 2 is 2.00 bits per heavy atom. The highest BCUT2D eigenvalue weighted by Gasteiger charge is 2.15. The number of benzene rings is 1. The van der Waals surface area contributed by atoms with Gasteiger partial charge in [0.1, 0.15) is 5.01 Å². The van der Waals surface area contributed by atoms with Gasteiger partial charge in [0.05, 0.1) is 6.04 Å². The Bertz CT molecular complexity index is 712. The van der Waals surface area contributed by atoms with Gasteiger partial charge in [-0.25, -0.2) is 13.8 Å². The fourth-order valence-electron chi connectivity index (χ4n) is 2.17. The highest BCUT2D eigenvalue weighted by molar-refractivity contribution is 7.10. The van der Waals surface area contributed by atoms with E-state index in [0.29, 0.717) is 12.1 Å². The maximum atomic E-state index is 13.3. The van der Waals surface area contributed by atoms with E-state index >= 15 is 0 Å². The second-order valence-electron chi connectivity index (χ2n) is 4.84. The zero-order valence-electron chi connectivity index (χ0n) is 11.6. The molecule has 0 bridgehead atoms. The molecule has 1 atom stereocenters. The van der Waals surface area contributed by atoms with Crippen LogP contribution in [-0.4, -0.2) is 4.98 Å². The van der Waals surface area contributed by atoms with E-state index < -0.39 is 11.6 Å². The molecule has 0 saturated heterocycles. The SMILES string of the molecule is Fc1ccc(CN[C@@H](Cc2cccs2)c2nccs2)cc1F. The molecular formula is C16H14F2N2S2. The lowest BCUT2D eigenvalue weighted by Crippen LogP contribution is -2.22. The average Bonchev–Trinajstić information content (AvgIpc) is 3.19. The predicted octanol–water partition coefficient (Wildman–Crippen LogP) is 4.56. The highest BCUT2D eigenvalue weighted by Crippen LogP contribution is 2.23. The van der Waals surface area contributed by atoms with E-state index in [1.54, 1.807) is 34.9 Å². The minimum absolute atomic E-state index is 0.0618. The summed E-state index contributed by atoms with van der Waals surface area (Å²) in [5.41, 5.74) is 0.714. The third-order valence-electron chi connectivity index (χ3n) is 3.27. The van der Waals surface area contributed by atoms with E-state index in [9.17, 15) is 8.78 Å². The van der Waals surface area contributed by atoms with Crippen molar-refractivity contribution in [1.82, 2.24) is 10.3 Å². The van der Waals surface area contributed by atoms with Gasteiger partial charge in [-0.05, 0) is 29.1 Å². The van der Waals surface area contributed by atoms with Crippen LogP contribution >= 0.6 is 22.7 Å². The van der Waals surface area contributed by atoms with Crippen LogP contribution in [0.2, 0.25) is 0 Å². The lowest BCUT2D eigenvalue weighted by Gasteiger charge is -2.16. The number of aromatic nitrogens is 1. The van der Waals surface area contributed by atoms with E-state index in [-0.39, 0.29) is 6.04 Å². The van der Waals surface area contributed by atoms with Crippen molar-refractivity contribution < 1.29 is 8.78 Å². The van der Waals surface area contributed by atoms with Crippen molar-refractivity contribution >= 4 is 22.7 Å². The molecule has 0 amide bonds. The molecule has 1 aromatic carbocycles. The third-order valence-corrected chi connectivity index (χ3v) is 5.06. The van der Waals surface area contributed by atoms with Gasteiger partial charge in [0, 0.05) is 29.4 Å². The zero-order valence-corrected chi connectivity index (χ0v) is 13.3. The molecule has 114 valence electrons. The summed E-state index contributed by atoms with van der Waals surface area (Å²) >= 11 is 3.29. The van der Waals surface area contributed by atoms with Crippen molar-refractivity contribution in [2.45, 2.75) is 19.0 Å². The average molecular weight is 336 g/mol. The molecule has 0 aliphatic heterocycles. The number of nitrogens with zero attached hydrogens (tertiary/aromatic N) is 1. The Hall–Kier alpha value is -1.63. The lowest BCUT2D eigenvalue weighted by molar-refractivity contribution is 0.500. The summed E-state index contributed by atoms with van der Waals surface area (Å²) in [4.78, 5) is 5.63. The van der Waals surface area contributed by atoms with Crippen molar-refractivity contribution in [3.63, 3.8) is 0 Å². The molecular weight excluding hydrogens is 322 g/mol. The quantitative estimate of drug-likeness (QED) is 0.714. The molecule has 0 saturated carbocycles. The molecule has 1 N–H and O–H groups in total. The first-order valence-electron chi connectivity index (χ1n) is 6.81. The smallest absolute Gasteiger partial charge is 0.159 e. The molecule has 3 rings (SSSR count). The summed E-state index contributed by atoms with van der Waals surface area (Å²) in [6.07, 6.45) is 2.61. The summed E-state index contributed by atoms with van der Waals surface area (Å²) in [7, 11) is 0.